The Labute approximate surface area is 142 Å². The Morgan fingerprint density at radius 1 is 1.50 bits per heavy atom. The molecule has 8 heteroatoms. The summed E-state index contributed by atoms with van der Waals surface area (Å²) in [5.74, 6) is 0.746. The molecule has 2 atom stereocenters. The van der Waals surface area contributed by atoms with E-state index in [2.05, 4.69) is 36.2 Å². The van der Waals surface area contributed by atoms with Crippen molar-refractivity contribution in [1.29, 1.82) is 0 Å². The maximum absolute atomic E-state index is 12.6. The summed E-state index contributed by atoms with van der Waals surface area (Å²) in [6, 6.07) is -0.0973. The van der Waals surface area contributed by atoms with Gasteiger partial charge in [0, 0.05) is 19.6 Å². The van der Waals surface area contributed by atoms with Gasteiger partial charge in [0.2, 0.25) is 0 Å². The van der Waals surface area contributed by atoms with Crippen molar-refractivity contribution in [1.82, 2.24) is 25.0 Å². The molecule has 0 saturated carbocycles. The van der Waals surface area contributed by atoms with Gasteiger partial charge in [0.05, 0.1) is 31.3 Å². The minimum absolute atomic E-state index is 0.00410. The van der Waals surface area contributed by atoms with E-state index in [4.69, 9.17) is 9.47 Å². The topological polar surface area (TPSA) is 81.5 Å². The highest BCUT2D eigenvalue weighted by Crippen LogP contribution is 2.30. The van der Waals surface area contributed by atoms with Crippen LogP contribution in [0.25, 0.3) is 0 Å². The molecule has 0 aromatic carbocycles. The molecular weight excluding hydrogens is 310 g/mol. The lowest BCUT2D eigenvalue weighted by atomic mass is 9.99. The highest BCUT2D eigenvalue weighted by molar-refractivity contribution is 5.74. The zero-order valence-corrected chi connectivity index (χ0v) is 14.9. The zero-order chi connectivity index (χ0) is 17.4. The summed E-state index contributed by atoms with van der Waals surface area (Å²) in [5.41, 5.74) is -0.518. The first kappa shape index (κ1) is 17.2. The lowest BCUT2D eigenvalue weighted by Crippen LogP contribution is -2.58. The van der Waals surface area contributed by atoms with Crippen LogP contribution in [0, 0.1) is 0 Å². The number of urea groups is 1. The van der Waals surface area contributed by atoms with Gasteiger partial charge in [0.1, 0.15) is 17.8 Å². The summed E-state index contributed by atoms with van der Waals surface area (Å²) in [6.07, 6.45) is 2.36. The molecule has 134 valence electrons. The van der Waals surface area contributed by atoms with E-state index in [1.165, 1.54) is 6.33 Å². The van der Waals surface area contributed by atoms with Gasteiger partial charge in [-0.15, -0.1) is 0 Å². The van der Waals surface area contributed by atoms with Gasteiger partial charge in [-0.25, -0.2) is 14.5 Å². The van der Waals surface area contributed by atoms with E-state index in [0.29, 0.717) is 32.8 Å². The van der Waals surface area contributed by atoms with E-state index in [1.807, 2.05) is 16.5 Å². The fraction of sp³-hybridized carbons (Fsp3) is 0.812. The van der Waals surface area contributed by atoms with Gasteiger partial charge < -0.3 is 19.7 Å². The number of ether oxygens (including phenoxy) is 2. The molecule has 2 saturated heterocycles. The van der Waals surface area contributed by atoms with E-state index in [9.17, 15) is 4.79 Å². The average Bonchev–Trinajstić information content (AvgIpc) is 3.13. The molecule has 3 rings (SSSR count). The van der Waals surface area contributed by atoms with Crippen LogP contribution < -0.4 is 5.32 Å². The molecule has 8 nitrogen and oxygen atoms in total. The van der Waals surface area contributed by atoms with Crippen LogP contribution in [0.2, 0.25) is 0 Å². The Morgan fingerprint density at radius 3 is 2.96 bits per heavy atom. The number of carbonyl (C=O) groups excluding carboxylic acids is 1. The van der Waals surface area contributed by atoms with E-state index in [1.54, 1.807) is 0 Å². The number of hydrogen-bond acceptors (Lipinski definition) is 5. The summed E-state index contributed by atoms with van der Waals surface area (Å²) >= 11 is 0. The van der Waals surface area contributed by atoms with Gasteiger partial charge in [-0.05, 0) is 27.7 Å². The third kappa shape index (κ3) is 3.54. The molecular formula is C16H27N5O3. The lowest BCUT2D eigenvalue weighted by molar-refractivity contribution is -0.137. The van der Waals surface area contributed by atoms with Gasteiger partial charge >= 0.3 is 6.03 Å². The van der Waals surface area contributed by atoms with Crippen LogP contribution in [-0.2, 0) is 21.6 Å². The van der Waals surface area contributed by atoms with Gasteiger partial charge in [-0.3, -0.25) is 0 Å². The number of hydrogen-bond donors (Lipinski definition) is 1. The van der Waals surface area contributed by atoms with E-state index >= 15 is 0 Å². The number of rotatable bonds is 2. The standard InChI is InChI=1S/C16H27N5O3/c1-12-8-20(9-16(24-12)5-6-23-10-16)14(22)17-7-13-18-11-19-21(13)15(2,3)4/h11-12H,5-10H2,1-4H3,(H,17,22)/t12-,16+/m0/s1. The molecule has 1 aromatic heterocycles. The Kier molecular flexibility index (Phi) is 4.52. The second kappa shape index (κ2) is 6.33. The normalized spacial score (nSPS) is 27.7. The fourth-order valence-corrected chi connectivity index (χ4v) is 3.40. The number of carbonyl (C=O) groups is 1. The minimum Gasteiger partial charge on any atom is -0.378 e. The largest absolute Gasteiger partial charge is 0.378 e. The highest BCUT2D eigenvalue weighted by Gasteiger charge is 2.44. The maximum atomic E-state index is 12.6. The first-order chi connectivity index (χ1) is 11.3. The van der Waals surface area contributed by atoms with Gasteiger partial charge in [0.15, 0.2) is 0 Å². The van der Waals surface area contributed by atoms with Crippen LogP contribution in [-0.4, -0.2) is 63.7 Å². The van der Waals surface area contributed by atoms with Crippen LogP contribution in [0.15, 0.2) is 6.33 Å². The summed E-state index contributed by atoms with van der Waals surface area (Å²) in [4.78, 5) is 18.7. The van der Waals surface area contributed by atoms with Crippen molar-refractivity contribution < 1.29 is 14.3 Å². The molecule has 24 heavy (non-hydrogen) atoms. The molecule has 1 N–H and O–H groups in total. The van der Waals surface area contributed by atoms with Crippen LogP contribution in [0.1, 0.15) is 39.9 Å². The Hall–Kier alpha value is -1.67. The van der Waals surface area contributed by atoms with Gasteiger partial charge in [-0.2, -0.15) is 5.10 Å². The van der Waals surface area contributed by atoms with E-state index < -0.39 is 0 Å². The summed E-state index contributed by atoms with van der Waals surface area (Å²) in [5, 5.41) is 7.21. The van der Waals surface area contributed by atoms with Crippen molar-refractivity contribution in [3.8, 4) is 0 Å². The van der Waals surface area contributed by atoms with Crippen molar-refractivity contribution >= 4 is 6.03 Å². The third-order valence-electron chi connectivity index (χ3n) is 4.41. The second-order valence-corrected chi connectivity index (χ2v) is 7.71. The number of nitrogens with zero attached hydrogens (tertiary/aromatic N) is 4. The van der Waals surface area contributed by atoms with Crippen molar-refractivity contribution in [3.63, 3.8) is 0 Å². The summed E-state index contributed by atoms with van der Waals surface area (Å²) in [6.45, 7) is 10.9. The average molecular weight is 337 g/mol. The monoisotopic (exact) mass is 337 g/mol. The van der Waals surface area contributed by atoms with Gasteiger partial charge in [-0.1, -0.05) is 0 Å². The minimum atomic E-state index is -0.347. The molecule has 3 heterocycles. The SMILES string of the molecule is C[C@H]1CN(C(=O)NCc2ncnn2C(C)(C)C)C[C@@]2(CCOC2)O1. The zero-order valence-electron chi connectivity index (χ0n) is 14.9. The van der Waals surface area contributed by atoms with Crippen molar-refractivity contribution in [2.45, 2.75) is 57.9 Å². The molecule has 0 bridgehead atoms. The Balaban J connectivity index is 1.62. The molecule has 0 aliphatic carbocycles. The number of aromatic nitrogens is 3. The highest BCUT2D eigenvalue weighted by atomic mass is 16.6. The smallest absolute Gasteiger partial charge is 0.317 e. The number of nitrogens with one attached hydrogen (secondary N) is 1. The Morgan fingerprint density at radius 2 is 2.29 bits per heavy atom. The van der Waals surface area contributed by atoms with Crippen LogP contribution in [0.5, 0.6) is 0 Å². The Bertz CT molecular complexity index is 589. The molecule has 0 unspecified atom stereocenters. The quantitative estimate of drug-likeness (QED) is 0.875. The summed E-state index contributed by atoms with van der Waals surface area (Å²) < 4.78 is 13.4. The van der Waals surface area contributed by atoms with Crippen LogP contribution in [0.3, 0.4) is 0 Å². The predicted octanol–water partition coefficient (Wildman–Crippen LogP) is 1.12. The second-order valence-electron chi connectivity index (χ2n) is 7.71. The molecule has 2 fully saturated rings. The van der Waals surface area contributed by atoms with Crippen molar-refractivity contribution in [2.75, 3.05) is 26.3 Å². The van der Waals surface area contributed by atoms with E-state index in [-0.39, 0.29) is 23.3 Å². The molecule has 0 radical (unpaired) electrons. The molecule has 2 aliphatic heterocycles. The first-order valence-corrected chi connectivity index (χ1v) is 8.47. The summed E-state index contributed by atoms with van der Waals surface area (Å²) in [7, 11) is 0. The molecule has 2 amide bonds. The van der Waals surface area contributed by atoms with Crippen molar-refractivity contribution in [3.05, 3.63) is 12.2 Å². The van der Waals surface area contributed by atoms with Gasteiger partial charge in [0.25, 0.3) is 0 Å². The first-order valence-electron chi connectivity index (χ1n) is 8.47. The van der Waals surface area contributed by atoms with Crippen LogP contribution >= 0.6 is 0 Å². The maximum Gasteiger partial charge on any atom is 0.317 e. The van der Waals surface area contributed by atoms with Crippen molar-refractivity contribution in [2.24, 2.45) is 0 Å². The predicted molar refractivity (Wildman–Crippen MR) is 87.5 cm³/mol. The molecule has 1 aromatic rings. The number of amides is 2. The molecule has 2 aliphatic rings. The van der Waals surface area contributed by atoms with E-state index in [0.717, 1.165) is 12.2 Å². The third-order valence-corrected chi connectivity index (χ3v) is 4.41. The number of morpholine rings is 1. The van der Waals surface area contributed by atoms with Crippen LogP contribution in [0.4, 0.5) is 4.79 Å². The molecule has 1 spiro atoms. The lowest BCUT2D eigenvalue weighted by Gasteiger charge is -2.42. The fourth-order valence-electron chi connectivity index (χ4n) is 3.40.